The zero-order valence-electron chi connectivity index (χ0n) is 20.2. The molecular weight excluding hydrogens is 463 g/mol. The fourth-order valence-electron chi connectivity index (χ4n) is 3.83. The fourth-order valence-corrected chi connectivity index (χ4v) is 4.36. The minimum atomic E-state index is -4.28. The maximum absolute atomic E-state index is 11.6. The van der Waals surface area contributed by atoms with Gasteiger partial charge in [-0.25, -0.2) is 0 Å². The summed E-state index contributed by atoms with van der Waals surface area (Å²) in [5.41, 5.74) is 0.712. The van der Waals surface area contributed by atoms with Gasteiger partial charge in [0.2, 0.25) is 0 Å². The molecule has 1 N–H and O–H groups in total. The molecule has 2 aromatic carbocycles. The Kier molecular flexibility index (Phi) is 15.9. The molecule has 178 valence electrons. The minimum absolute atomic E-state index is 0. The molecule has 0 aromatic heterocycles. The van der Waals surface area contributed by atoms with Crippen molar-refractivity contribution in [2.75, 3.05) is 0 Å². The van der Waals surface area contributed by atoms with Crippen LogP contribution in [-0.2, 0) is 16.5 Å². The van der Waals surface area contributed by atoms with Crippen LogP contribution in [0.3, 0.4) is 0 Å². The van der Waals surface area contributed by atoms with E-state index in [4.69, 9.17) is 4.74 Å². The van der Waals surface area contributed by atoms with E-state index in [1.165, 1.54) is 88.1 Å². The molecule has 0 aliphatic heterocycles. The molecule has 2 aromatic rings. The van der Waals surface area contributed by atoms with Gasteiger partial charge in [0, 0.05) is 0 Å². The van der Waals surface area contributed by atoms with Gasteiger partial charge in [-0.1, -0.05) is 89.7 Å². The third-order valence-corrected chi connectivity index (χ3v) is 6.51. The van der Waals surface area contributed by atoms with Crippen molar-refractivity contribution in [2.45, 2.75) is 95.3 Å². The van der Waals surface area contributed by atoms with Crippen molar-refractivity contribution in [3.63, 3.8) is 0 Å². The summed E-state index contributed by atoms with van der Waals surface area (Å²) < 4.78 is 38.3. The molecule has 0 spiro atoms. The van der Waals surface area contributed by atoms with Crippen molar-refractivity contribution >= 4 is 10.1 Å². The van der Waals surface area contributed by atoms with E-state index in [2.05, 4.69) is 6.92 Å². The Morgan fingerprint density at radius 2 is 1.39 bits per heavy atom. The molecule has 7 heteroatoms. The molecule has 0 heterocycles. The second-order valence-electron chi connectivity index (χ2n) is 8.46. The predicted octanol–water partition coefficient (Wildman–Crippen LogP) is 4.05. The Labute approximate surface area is 242 Å². The van der Waals surface area contributed by atoms with Gasteiger partial charge >= 0.3 is 51.4 Å². The largest absolute Gasteiger partial charge is 1.00 e. The van der Waals surface area contributed by atoms with Gasteiger partial charge in [0.05, 0.1) is 4.90 Å². The van der Waals surface area contributed by atoms with Crippen molar-refractivity contribution in [2.24, 2.45) is 0 Å². The Bertz CT molecular complexity index is 915. The Morgan fingerprint density at radius 1 is 0.818 bits per heavy atom. The van der Waals surface area contributed by atoms with E-state index in [1.807, 2.05) is 0 Å². The summed E-state index contributed by atoms with van der Waals surface area (Å²) in [7, 11) is -4.28. The number of hydrogen-bond donors (Lipinski definition) is 1. The molecule has 0 amide bonds. The summed E-state index contributed by atoms with van der Waals surface area (Å²) in [6.45, 7) is 2.24. The molecule has 33 heavy (non-hydrogen) atoms. The van der Waals surface area contributed by atoms with Crippen molar-refractivity contribution in [3.05, 3.63) is 48.0 Å². The molecular formula is C26H37KO5S. The fraction of sp³-hybridized carbons (Fsp3) is 0.538. The quantitative estimate of drug-likeness (QED) is 0.213. The Hall–Kier alpha value is -0.414. The SMILES string of the molecule is CCCCCCCCCCCCCCc1cc(S(=O)(=O)O)ccc1Oc1cccc([O-])c1.[K+]. The number of rotatable bonds is 16. The average Bonchev–Trinajstić information content (AvgIpc) is 2.74. The van der Waals surface area contributed by atoms with Crippen LogP contribution in [0.4, 0.5) is 0 Å². The van der Waals surface area contributed by atoms with Crippen LogP contribution in [0.2, 0.25) is 0 Å². The normalized spacial score (nSPS) is 11.2. The van der Waals surface area contributed by atoms with Gasteiger partial charge in [-0.05, 0) is 48.7 Å². The number of ether oxygens (including phenoxy) is 1. The van der Waals surface area contributed by atoms with E-state index in [-0.39, 0.29) is 62.0 Å². The molecule has 0 fully saturated rings. The molecule has 0 aliphatic carbocycles. The summed E-state index contributed by atoms with van der Waals surface area (Å²) in [6, 6.07) is 10.5. The van der Waals surface area contributed by atoms with E-state index >= 15 is 0 Å². The first kappa shape index (κ1) is 30.6. The van der Waals surface area contributed by atoms with Crippen LogP contribution in [0.5, 0.6) is 17.2 Å². The number of hydrogen-bond acceptors (Lipinski definition) is 4. The first-order valence-electron chi connectivity index (χ1n) is 12.0. The van der Waals surface area contributed by atoms with E-state index in [9.17, 15) is 18.1 Å². The van der Waals surface area contributed by atoms with Gasteiger partial charge in [0.1, 0.15) is 11.5 Å². The third-order valence-electron chi connectivity index (χ3n) is 5.66. The zero-order valence-corrected chi connectivity index (χ0v) is 24.2. The molecule has 0 saturated carbocycles. The molecule has 0 atom stereocenters. The Morgan fingerprint density at radius 3 is 1.94 bits per heavy atom. The van der Waals surface area contributed by atoms with Crippen LogP contribution < -0.4 is 61.2 Å². The van der Waals surface area contributed by atoms with Gasteiger partial charge in [-0.15, -0.1) is 5.75 Å². The van der Waals surface area contributed by atoms with E-state index < -0.39 is 10.1 Å². The van der Waals surface area contributed by atoms with Crippen LogP contribution in [0, 0.1) is 0 Å². The first-order valence-corrected chi connectivity index (χ1v) is 13.4. The van der Waals surface area contributed by atoms with Crippen LogP contribution >= 0.6 is 0 Å². The smallest absolute Gasteiger partial charge is 0.872 e. The van der Waals surface area contributed by atoms with Gasteiger partial charge in [-0.3, -0.25) is 4.55 Å². The van der Waals surface area contributed by atoms with Crippen molar-refractivity contribution in [1.29, 1.82) is 0 Å². The molecule has 0 radical (unpaired) electrons. The van der Waals surface area contributed by atoms with Crippen molar-refractivity contribution in [3.8, 4) is 17.2 Å². The Balaban J connectivity index is 0.00000544. The van der Waals surface area contributed by atoms with Crippen LogP contribution in [0.25, 0.3) is 0 Å². The maximum atomic E-state index is 11.6. The van der Waals surface area contributed by atoms with Crippen molar-refractivity contribution < 1.29 is 74.2 Å². The monoisotopic (exact) mass is 500 g/mol. The topological polar surface area (TPSA) is 86.7 Å². The van der Waals surface area contributed by atoms with Crippen LogP contribution in [-0.4, -0.2) is 13.0 Å². The first-order chi connectivity index (χ1) is 15.4. The standard InChI is InChI=1S/C26H38O5S.K/c1-2-3-4-5-6-7-8-9-10-11-12-13-15-22-20-25(32(28,29)30)18-19-26(22)31-24-17-14-16-23(27)21-24;/h14,16-21,27H,2-13,15H2,1H3,(H,28,29,30);/q;+1/p-1. The zero-order chi connectivity index (χ0) is 23.2. The summed E-state index contributed by atoms with van der Waals surface area (Å²) in [5, 5.41) is 11.6. The number of benzene rings is 2. The molecule has 2 rings (SSSR count). The summed E-state index contributed by atoms with van der Waals surface area (Å²) in [4.78, 5) is -0.142. The van der Waals surface area contributed by atoms with Crippen molar-refractivity contribution in [1.82, 2.24) is 0 Å². The molecule has 0 bridgehead atoms. The van der Waals surface area contributed by atoms with E-state index in [1.54, 1.807) is 12.1 Å². The van der Waals surface area contributed by atoms with E-state index in [0.717, 1.165) is 19.3 Å². The third kappa shape index (κ3) is 12.7. The van der Waals surface area contributed by atoms with Gasteiger partial charge < -0.3 is 9.84 Å². The maximum Gasteiger partial charge on any atom is 1.00 e. The average molecular weight is 501 g/mol. The van der Waals surface area contributed by atoms with Gasteiger partial charge in [-0.2, -0.15) is 8.42 Å². The number of aryl methyl sites for hydroxylation is 1. The minimum Gasteiger partial charge on any atom is -0.872 e. The van der Waals surface area contributed by atoms with E-state index in [0.29, 0.717) is 23.5 Å². The molecule has 0 unspecified atom stereocenters. The van der Waals surface area contributed by atoms with Crippen LogP contribution in [0.1, 0.15) is 89.5 Å². The summed E-state index contributed by atoms with van der Waals surface area (Å²) in [6.07, 6.45) is 15.6. The second-order valence-corrected chi connectivity index (χ2v) is 9.88. The van der Waals surface area contributed by atoms with Gasteiger partial charge in [0.25, 0.3) is 10.1 Å². The molecule has 0 saturated heterocycles. The van der Waals surface area contributed by atoms with Crippen LogP contribution in [0.15, 0.2) is 47.4 Å². The predicted molar refractivity (Wildman–Crippen MR) is 127 cm³/mol. The summed E-state index contributed by atoms with van der Waals surface area (Å²) in [5.74, 6) is 0.763. The second kappa shape index (κ2) is 17.1. The molecule has 5 nitrogen and oxygen atoms in total. The summed E-state index contributed by atoms with van der Waals surface area (Å²) >= 11 is 0. The number of unbranched alkanes of at least 4 members (excludes halogenated alkanes) is 11. The molecule has 0 aliphatic rings. The van der Waals surface area contributed by atoms with Gasteiger partial charge in [0.15, 0.2) is 0 Å².